The van der Waals surface area contributed by atoms with Gasteiger partial charge in [-0.2, -0.15) is 0 Å². The van der Waals surface area contributed by atoms with Crippen LogP contribution in [0.3, 0.4) is 0 Å². The van der Waals surface area contributed by atoms with E-state index in [9.17, 15) is 4.79 Å². The molecule has 0 heterocycles. The van der Waals surface area contributed by atoms with E-state index in [4.69, 9.17) is 0 Å². The third-order valence-electron chi connectivity index (χ3n) is 2.85. The highest BCUT2D eigenvalue weighted by atomic mass is 16.1. The lowest BCUT2D eigenvalue weighted by Gasteiger charge is -2.30. The third kappa shape index (κ3) is 3.93. The van der Waals surface area contributed by atoms with E-state index < -0.39 is 0 Å². The number of hydrogen-bond acceptors (Lipinski definition) is 1. The molecule has 0 aliphatic heterocycles. The minimum atomic E-state index is -0.173. The highest BCUT2D eigenvalue weighted by Crippen LogP contribution is 2.32. The van der Waals surface area contributed by atoms with Crippen LogP contribution in [0.4, 0.5) is 0 Å². The molecule has 0 radical (unpaired) electrons. The molecule has 1 heteroatoms. The lowest BCUT2D eigenvalue weighted by atomic mass is 9.72. The zero-order valence-electron chi connectivity index (χ0n) is 10.2. The second-order valence-electron chi connectivity index (χ2n) is 6.04. The largest absolute Gasteiger partial charge is 0.299 e. The van der Waals surface area contributed by atoms with E-state index in [0.717, 1.165) is 0 Å². The predicted octanol–water partition coefficient (Wildman–Crippen LogP) is 3.67. The van der Waals surface area contributed by atoms with Crippen LogP contribution in [0.5, 0.6) is 0 Å². The number of rotatable bonds is 3. The van der Waals surface area contributed by atoms with Crippen LogP contribution < -0.4 is 0 Å². The number of carbonyl (C=O) groups excluding carboxylic acids is 1. The molecule has 0 fully saturated rings. The molecule has 0 saturated carbocycles. The molecule has 78 valence electrons. The summed E-state index contributed by atoms with van der Waals surface area (Å²) in [6.45, 7) is 14.7. The molecular formula is C12H24O. The standard InChI is InChI=1S/C12H24O/c1-9(2)12(6,7)10(13)8-11(3,4)5/h9H,8H2,1-7H3. The Bertz CT molecular complexity index is 182. The molecule has 0 bridgehead atoms. The molecule has 0 atom stereocenters. The van der Waals surface area contributed by atoms with Gasteiger partial charge in [-0.1, -0.05) is 48.5 Å². The zero-order valence-corrected chi connectivity index (χ0v) is 10.2. The molecule has 0 saturated heterocycles. The van der Waals surface area contributed by atoms with Crippen LogP contribution in [0.15, 0.2) is 0 Å². The molecule has 0 aliphatic carbocycles. The molecule has 13 heavy (non-hydrogen) atoms. The molecule has 0 aromatic heterocycles. The predicted molar refractivity (Wildman–Crippen MR) is 57.7 cm³/mol. The summed E-state index contributed by atoms with van der Waals surface area (Å²) in [4.78, 5) is 11.9. The molecule has 0 unspecified atom stereocenters. The fraction of sp³-hybridized carbons (Fsp3) is 0.917. The Kier molecular flexibility index (Phi) is 3.71. The highest BCUT2D eigenvalue weighted by molar-refractivity contribution is 5.84. The number of Topliss-reactive ketones (excluding diaryl/α,β-unsaturated/α-hetero) is 1. The Morgan fingerprint density at radius 2 is 1.46 bits per heavy atom. The van der Waals surface area contributed by atoms with Crippen molar-refractivity contribution in [1.82, 2.24) is 0 Å². The summed E-state index contributed by atoms with van der Waals surface area (Å²) in [7, 11) is 0. The van der Waals surface area contributed by atoms with E-state index in [1.807, 2.05) is 13.8 Å². The molecule has 0 aliphatic rings. The number of carbonyl (C=O) groups is 1. The average Bonchev–Trinajstić information content (AvgIpc) is 1.82. The van der Waals surface area contributed by atoms with Crippen molar-refractivity contribution >= 4 is 5.78 Å². The maximum atomic E-state index is 11.9. The van der Waals surface area contributed by atoms with Crippen LogP contribution in [0, 0.1) is 16.7 Å². The van der Waals surface area contributed by atoms with Gasteiger partial charge in [-0.3, -0.25) is 4.79 Å². The summed E-state index contributed by atoms with van der Waals surface area (Å²) in [6, 6.07) is 0. The first-order valence-corrected chi connectivity index (χ1v) is 5.10. The maximum absolute atomic E-state index is 11.9. The van der Waals surface area contributed by atoms with Crippen molar-refractivity contribution in [1.29, 1.82) is 0 Å². The van der Waals surface area contributed by atoms with Gasteiger partial charge in [0.05, 0.1) is 0 Å². The Labute approximate surface area is 82.9 Å². The second-order valence-corrected chi connectivity index (χ2v) is 6.04. The van der Waals surface area contributed by atoms with Crippen LogP contribution in [0.2, 0.25) is 0 Å². The Morgan fingerprint density at radius 1 is 1.08 bits per heavy atom. The summed E-state index contributed by atoms with van der Waals surface area (Å²) >= 11 is 0. The average molecular weight is 184 g/mol. The molecule has 0 aromatic rings. The van der Waals surface area contributed by atoms with Gasteiger partial charge in [0.2, 0.25) is 0 Å². The van der Waals surface area contributed by atoms with Gasteiger partial charge in [-0.15, -0.1) is 0 Å². The van der Waals surface area contributed by atoms with Crippen molar-refractivity contribution in [3.8, 4) is 0 Å². The van der Waals surface area contributed by atoms with Gasteiger partial charge in [-0.25, -0.2) is 0 Å². The first-order valence-electron chi connectivity index (χ1n) is 5.10. The minimum Gasteiger partial charge on any atom is -0.299 e. The molecule has 1 nitrogen and oxygen atoms in total. The van der Waals surface area contributed by atoms with E-state index in [0.29, 0.717) is 18.1 Å². The normalized spacial score (nSPS) is 13.5. The first kappa shape index (κ1) is 12.7. The topological polar surface area (TPSA) is 17.1 Å². The van der Waals surface area contributed by atoms with Crippen LogP contribution >= 0.6 is 0 Å². The summed E-state index contributed by atoms with van der Waals surface area (Å²) in [6.07, 6.45) is 0.679. The molecule has 0 spiro atoms. The van der Waals surface area contributed by atoms with E-state index in [1.165, 1.54) is 0 Å². The smallest absolute Gasteiger partial charge is 0.139 e. The third-order valence-corrected chi connectivity index (χ3v) is 2.85. The van der Waals surface area contributed by atoms with Gasteiger partial charge in [0, 0.05) is 11.8 Å². The fourth-order valence-corrected chi connectivity index (χ4v) is 1.03. The van der Waals surface area contributed by atoms with Crippen LogP contribution in [-0.2, 0) is 4.79 Å². The Balaban J connectivity index is 4.44. The van der Waals surface area contributed by atoms with Gasteiger partial charge in [-0.05, 0) is 11.3 Å². The van der Waals surface area contributed by atoms with Crippen LogP contribution in [0.1, 0.15) is 54.9 Å². The maximum Gasteiger partial charge on any atom is 0.139 e. The highest BCUT2D eigenvalue weighted by Gasteiger charge is 2.33. The lowest BCUT2D eigenvalue weighted by molar-refractivity contribution is -0.131. The molecule has 0 aromatic carbocycles. The molecule has 0 N–H and O–H groups in total. The van der Waals surface area contributed by atoms with E-state index in [1.54, 1.807) is 0 Å². The van der Waals surface area contributed by atoms with Crippen molar-refractivity contribution in [3.63, 3.8) is 0 Å². The minimum absolute atomic E-state index is 0.114. The summed E-state index contributed by atoms with van der Waals surface area (Å²) in [5.74, 6) is 0.803. The quantitative estimate of drug-likeness (QED) is 0.654. The SMILES string of the molecule is CC(C)C(C)(C)C(=O)CC(C)(C)C. The van der Waals surface area contributed by atoms with Crippen molar-refractivity contribution in [2.24, 2.45) is 16.7 Å². The number of hydrogen-bond donors (Lipinski definition) is 0. The van der Waals surface area contributed by atoms with E-state index >= 15 is 0 Å². The van der Waals surface area contributed by atoms with Crippen molar-refractivity contribution in [2.75, 3.05) is 0 Å². The van der Waals surface area contributed by atoms with Crippen LogP contribution in [-0.4, -0.2) is 5.78 Å². The van der Waals surface area contributed by atoms with E-state index in [-0.39, 0.29) is 10.8 Å². The van der Waals surface area contributed by atoms with Gasteiger partial charge < -0.3 is 0 Å². The van der Waals surface area contributed by atoms with Crippen molar-refractivity contribution in [3.05, 3.63) is 0 Å². The fourth-order valence-electron chi connectivity index (χ4n) is 1.03. The monoisotopic (exact) mass is 184 g/mol. The van der Waals surface area contributed by atoms with Gasteiger partial charge >= 0.3 is 0 Å². The molecular weight excluding hydrogens is 160 g/mol. The van der Waals surface area contributed by atoms with Crippen molar-refractivity contribution < 1.29 is 4.79 Å². The lowest BCUT2D eigenvalue weighted by Crippen LogP contribution is -2.32. The number of ketones is 1. The second kappa shape index (κ2) is 3.81. The van der Waals surface area contributed by atoms with Gasteiger partial charge in [0.15, 0.2) is 0 Å². The summed E-state index contributed by atoms with van der Waals surface area (Å²) in [5, 5.41) is 0. The summed E-state index contributed by atoms with van der Waals surface area (Å²) in [5.41, 5.74) is -0.0590. The zero-order chi connectivity index (χ0) is 10.9. The molecule has 0 rings (SSSR count). The van der Waals surface area contributed by atoms with Gasteiger partial charge in [0.1, 0.15) is 5.78 Å². The van der Waals surface area contributed by atoms with Crippen molar-refractivity contribution in [2.45, 2.75) is 54.9 Å². The Hall–Kier alpha value is -0.330. The molecule has 0 amide bonds. The summed E-state index contributed by atoms with van der Waals surface area (Å²) < 4.78 is 0. The van der Waals surface area contributed by atoms with E-state index in [2.05, 4.69) is 34.6 Å². The van der Waals surface area contributed by atoms with Gasteiger partial charge in [0.25, 0.3) is 0 Å². The first-order chi connectivity index (χ1) is 5.57. The Morgan fingerprint density at radius 3 is 1.69 bits per heavy atom. The van der Waals surface area contributed by atoms with Crippen LogP contribution in [0.25, 0.3) is 0 Å².